The lowest BCUT2D eigenvalue weighted by molar-refractivity contribution is 0.0565. The van der Waals surface area contributed by atoms with Crippen molar-refractivity contribution >= 4 is 5.84 Å². The van der Waals surface area contributed by atoms with Crippen LogP contribution < -0.4 is 5.32 Å². The fourth-order valence-corrected chi connectivity index (χ4v) is 1.91. The molecule has 1 unspecified atom stereocenters. The first-order valence-electron chi connectivity index (χ1n) is 5.30. The van der Waals surface area contributed by atoms with Crippen LogP contribution in [-0.2, 0) is 4.74 Å². The minimum atomic E-state index is 0.706. The van der Waals surface area contributed by atoms with Crippen molar-refractivity contribution in [2.75, 3.05) is 26.3 Å². The molecule has 0 aliphatic carbocycles. The molecule has 2 aliphatic heterocycles. The van der Waals surface area contributed by atoms with E-state index in [0.717, 1.165) is 32.7 Å². The lowest BCUT2D eigenvalue weighted by Gasteiger charge is -2.22. The summed E-state index contributed by atoms with van der Waals surface area (Å²) in [6.45, 7) is 3.96. The van der Waals surface area contributed by atoms with Crippen molar-refractivity contribution < 1.29 is 4.74 Å². The molecule has 2 aliphatic rings. The molecule has 74 valence electrons. The van der Waals surface area contributed by atoms with Crippen molar-refractivity contribution in [3.8, 4) is 0 Å². The van der Waals surface area contributed by atoms with E-state index in [2.05, 4.69) is 10.3 Å². The molecule has 0 saturated carbocycles. The van der Waals surface area contributed by atoms with E-state index in [-0.39, 0.29) is 0 Å². The second kappa shape index (κ2) is 4.61. The maximum absolute atomic E-state index is 5.42. The van der Waals surface area contributed by atoms with Gasteiger partial charge in [0.1, 0.15) is 0 Å². The fraction of sp³-hybridized carbons (Fsp3) is 0.900. The molecule has 3 heteroatoms. The van der Waals surface area contributed by atoms with Crippen molar-refractivity contribution in [3.63, 3.8) is 0 Å². The van der Waals surface area contributed by atoms with E-state index in [1.54, 1.807) is 0 Å². The fourth-order valence-electron chi connectivity index (χ4n) is 1.91. The number of hydrogen-bond acceptors (Lipinski definition) is 3. The van der Waals surface area contributed by atoms with Gasteiger partial charge in [-0.3, -0.25) is 4.99 Å². The van der Waals surface area contributed by atoms with Crippen molar-refractivity contribution in [1.29, 1.82) is 0 Å². The Morgan fingerprint density at radius 2 is 2.46 bits per heavy atom. The minimum Gasteiger partial charge on any atom is -0.381 e. The largest absolute Gasteiger partial charge is 0.381 e. The van der Waals surface area contributed by atoms with Crippen LogP contribution in [0.15, 0.2) is 4.99 Å². The van der Waals surface area contributed by atoms with Crippen molar-refractivity contribution in [2.45, 2.75) is 25.7 Å². The maximum atomic E-state index is 5.42. The Morgan fingerprint density at radius 3 is 3.15 bits per heavy atom. The van der Waals surface area contributed by atoms with Crippen LogP contribution in [0.25, 0.3) is 0 Å². The zero-order valence-corrected chi connectivity index (χ0v) is 8.09. The van der Waals surface area contributed by atoms with Gasteiger partial charge < -0.3 is 10.1 Å². The normalized spacial score (nSPS) is 28.6. The van der Waals surface area contributed by atoms with Gasteiger partial charge in [0, 0.05) is 26.1 Å². The molecule has 0 bridgehead atoms. The molecule has 1 N–H and O–H groups in total. The average molecular weight is 182 g/mol. The van der Waals surface area contributed by atoms with Gasteiger partial charge in [-0.1, -0.05) is 0 Å². The summed E-state index contributed by atoms with van der Waals surface area (Å²) in [5.41, 5.74) is 0. The number of nitrogens with one attached hydrogen (secondary N) is 1. The highest BCUT2D eigenvalue weighted by Crippen LogP contribution is 2.12. The third kappa shape index (κ3) is 2.69. The highest BCUT2D eigenvalue weighted by Gasteiger charge is 2.14. The van der Waals surface area contributed by atoms with E-state index in [4.69, 9.17) is 4.74 Å². The molecule has 1 fully saturated rings. The summed E-state index contributed by atoms with van der Waals surface area (Å²) in [4.78, 5) is 4.38. The van der Waals surface area contributed by atoms with Crippen LogP contribution in [0.5, 0.6) is 0 Å². The molecule has 0 spiro atoms. The zero-order valence-electron chi connectivity index (χ0n) is 8.09. The van der Waals surface area contributed by atoms with Crippen LogP contribution in [-0.4, -0.2) is 32.1 Å². The second-order valence-corrected chi connectivity index (χ2v) is 3.90. The number of hydrogen-bond donors (Lipinski definition) is 1. The lowest BCUT2D eigenvalue weighted by atomic mass is 10.0. The van der Waals surface area contributed by atoms with Gasteiger partial charge in [-0.15, -0.1) is 0 Å². The molecule has 2 rings (SSSR count). The van der Waals surface area contributed by atoms with Crippen LogP contribution in [0.3, 0.4) is 0 Å². The minimum absolute atomic E-state index is 0.706. The molecule has 0 aromatic heterocycles. The molecular formula is C10H18N2O. The predicted molar refractivity (Wildman–Crippen MR) is 53.1 cm³/mol. The van der Waals surface area contributed by atoms with Gasteiger partial charge in [0.25, 0.3) is 0 Å². The zero-order chi connectivity index (χ0) is 8.93. The van der Waals surface area contributed by atoms with Crippen LogP contribution in [0.2, 0.25) is 0 Å². The standard InChI is InChI=1S/C10H18N2O/c1-4-10(11-5-1)12-7-9-3-2-6-13-8-9/h9H,1-8H2,(H,11,12). The summed E-state index contributed by atoms with van der Waals surface area (Å²) >= 11 is 0. The Kier molecular flexibility index (Phi) is 3.19. The first kappa shape index (κ1) is 9.00. The molecule has 0 radical (unpaired) electrons. The number of ether oxygens (including phenoxy) is 1. The molecule has 13 heavy (non-hydrogen) atoms. The van der Waals surface area contributed by atoms with Crippen LogP contribution in [0.1, 0.15) is 25.7 Å². The Balaban J connectivity index is 1.66. The first-order valence-corrected chi connectivity index (χ1v) is 5.30. The highest BCUT2D eigenvalue weighted by molar-refractivity contribution is 5.83. The van der Waals surface area contributed by atoms with Gasteiger partial charge in [0.15, 0.2) is 0 Å². The molecule has 3 nitrogen and oxygen atoms in total. The summed E-state index contributed by atoms with van der Waals surface area (Å²) < 4.78 is 5.42. The molecule has 0 amide bonds. The predicted octanol–water partition coefficient (Wildman–Crippen LogP) is 1.19. The quantitative estimate of drug-likeness (QED) is 0.696. The van der Waals surface area contributed by atoms with E-state index in [9.17, 15) is 0 Å². The van der Waals surface area contributed by atoms with E-state index < -0.39 is 0 Å². The average Bonchev–Trinajstić information content (AvgIpc) is 2.69. The van der Waals surface area contributed by atoms with Crippen molar-refractivity contribution in [1.82, 2.24) is 5.32 Å². The Morgan fingerprint density at radius 1 is 1.46 bits per heavy atom. The summed E-state index contributed by atoms with van der Waals surface area (Å²) in [5.74, 6) is 1.92. The van der Waals surface area contributed by atoms with Crippen molar-refractivity contribution in [2.24, 2.45) is 10.9 Å². The summed E-state index contributed by atoms with van der Waals surface area (Å²) in [7, 11) is 0. The molecule has 0 aromatic rings. The van der Waals surface area contributed by atoms with Gasteiger partial charge in [0.2, 0.25) is 0 Å². The van der Waals surface area contributed by atoms with Gasteiger partial charge in [-0.25, -0.2) is 0 Å². The number of aliphatic imine (C=N–C) groups is 1. The molecule has 1 atom stereocenters. The highest BCUT2D eigenvalue weighted by atomic mass is 16.5. The number of rotatable bonds is 2. The molecular weight excluding hydrogens is 164 g/mol. The van der Waals surface area contributed by atoms with E-state index in [1.807, 2.05) is 0 Å². The number of nitrogens with zero attached hydrogens (tertiary/aromatic N) is 1. The maximum Gasteiger partial charge on any atom is 0.0963 e. The van der Waals surface area contributed by atoms with Crippen LogP contribution in [0.4, 0.5) is 0 Å². The topological polar surface area (TPSA) is 33.6 Å². The van der Waals surface area contributed by atoms with Crippen molar-refractivity contribution in [3.05, 3.63) is 0 Å². The summed E-state index contributed by atoms with van der Waals surface area (Å²) in [6.07, 6.45) is 4.90. The van der Waals surface area contributed by atoms with Crippen LogP contribution >= 0.6 is 0 Å². The Bertz CT molecular complexity index is 185. The van der Waals surface area contributed by atoms with Gasteiger partial charge >= 0.3 is 0 Å². The van der Waals surface area contributed by atoms with Gasteiger partial charge in [-0.05, 0) is 25.2 Å². The first-order chi connectivity index (χ1) is 6.45. The van der Waals surface area contributed by atoms with Gasteiger partial charge in [-0.2, -0.15) is 0 Å². The smallest absolute Gasteiger partial charge is 0.0963 e. The van der Waals surface area contributed by atoms with E-state index >= 15 is 0 Å². The molecule has 1 saturated heterocycles. The summed E-state index contributed by atoms with van der Waals surface area (Å²) in [6, 6.07) is 0. The third-order valence-electron chi connectivity index (χ3n) is 2.72. The monoisotopic (exact) mass is 182 g/mol. The van der Waals surface area contributed by atoms with Gasteiger partial charge in [0.05, 0.1) is 12.4 Å². The SMILES string of the molecule is C1CN=C(NCC2CCCOC2)C1. The number of amidine groups is 1. The Hall–Kier alpha value is -0.570. The van der Waals surface area contributed by atoms with Crippen LogP contribution in [0, 0.1) is 5.92 Å². The third-order valence-corrected chi connectivity index (χ3v) is 2.72. The second-order valence-electron chi connectivity index (χ2n) is 3.90. The Labute approximate surface area is 79.6 Å². The lowest BCUT2D eigenvalue weighted by Crippen LogP contribution is -2.32. The van der Waals surface area contributed by atoms with E-state index in [0.29, 0.717) is 5.92 Å². The summed E-state index contributed by atoms with van der Waals surface area (Å²) in [5, 5.41) is 3.42. The van der Waals surface area contributed by atoms with E-state index in [1.165, 1.54) is 25.1 Å². The molecule has 0 aromatic carbocycles. The molecule has 2 heterocycles.